The van der Waals surface area contributed by atoms with Gasteiger partial charge in [-0.05, 0) is 43.0 Å². The molecule has 1 saturated heterocycles. The van der Waals surface area contributed by atoms with Crippen LogP contribution in [0.1, 0.15) is 48.2 Å². The number of ether oxygens (including phenoxy) is 1. The van der Waals surface area contributed by atoms with E-state index in [1.807, 2.05) is 4.90 Å². The van der Waals surface area contributed by atoms with Crippen LogP contribution in [0.25, 0.3) is 0 Å². The van der Waals surface area contributed by atoms with Crippen molar-refractivity contribution in [3.05, 3.63) is 22.4 Å². The van der Waals surface area contributed by atoms with Gasteiger partial charge in [-0.1, -0.05) is 18.9 Å². The largest absolute Gasteiger partial charge is 0.454 e. The fourth-order valence-electron chi connectivity index (χ4n) is 3.86. The summed E-state index contributed by atoms with van der Waals surface area (Å²) in [5.74, 6) is -0.406. The zero-order chi connectivity index (χ0) is 17.6. The van der Waals surface area contributed by atoms with Crippen LogP contribution < -0.4 is 5.32 Å². The maximum absolute atomic E-state index is 12.4. The third-order valence-corrected chi connectivity index (χ3v) is 5.93. The molecule has 3 rings (SSSR count). The Kier molecular flexibility index (Phi) is 6.07. The molecule has 1 aliphatic carbocycles. The molecule has 0 radical (unpaired) electrons. The lowest BCUT2D eigenvalue weighted by Gasteiger charge is -2.44. The van der Waals surface area contributed by atoms with Crippen LogP contribution in [-0.2, 0) is 14.3 Å². The molecular weight excluding hydrogens is 340 g/mol. The van der Waals surface area contributed by atoms with Crippen molar-refractivity contribution >= 4 is 29.1 Å². The summed E-state index contributed by atoms with van der Waals surface area (Å²) in [6.45, 7) is 0.291. The summed E-state index contributed by atoms with van der Waals surface area (Å²) in [6.07, 6.45) is 6.90. The van der Waals surface area contributed by atoms with Crippen LogP contribution in [0, 0.1) is 5.92 Å². The molecule has 1 N–H and O–H groups in total. The number of amides is 2. The van der Waals surface area contributed by atoms with Gasteiger partial charge in [-0.15, -0.1) is 11.3 Å². The first-order valence-corrected chi connectivity index (χ1v) is 9.80. The number of likely N-dealkylation sites (tertiary alicyclic amines) is 1. The second-order valence-electron chi connectivity index (χ2n) is 6.66. The Balaban J connectivity index is 1.42. The minimum Gasteiger partial charge on any atom is -0.454 e. The highest BCUT2D eigenvalue weighted by atomic mass is 32.1. The van der Waals surface area contributed by atoms with Gasteiger partial charge in [0.15, 0.2) is 6.61 Å². The lowest BCUT2D eigenvalue weighted by atomic mass is 9.78. The Morgan fingerprint density at radius 2 is 2.00 bits per heavy atom. The highest BCUT2D eigenvalue weighted by Crippen LogP contribution is 2.35. The second-order valence-corrected chi connectivity index (χ2v) is 7.61. The van der Waals surface area contributed by atoms with Crippen molar-refractivity contribution in [1.29, 1.82) is 0 Å². The fourth-order valence-corrected chi connectivity index (χ4v) is 4.50. The molecule has 2 atom stereocenters. The second kappa shape index (κ2) is 8.47. The SMILES string of the molecule is O=C(CNC(=O)c1cccs1)OCC(=O)N1CCC[C@H]2CCCC[C@H]21. The topological polar surface area (TPSA) is 75.7 Å². The Hall–Kier alpha value is -1.89. The molecular formula is C18H24N2O4S. The zero-order valence-corrected chi connectivity index (χ0v) is 15.1. The molecule has 0 aromatic carbocycles. The number of nitrogens with one attached hydrogen (secondary N) is 1. The van der Waals surface area contributed by atoms with Gasteiger partial charge in [0.1, 0.15) is 6.54 Å². The average Bonchev–Trinajstić information content (AvgIpc) is 3.18. The summed E-state index contributed by atoms with van der Waals surface area (Å²) in [6, 6.07) is 3.77. The van der Waals surface area contributed by atoms with Crippen LogP contribution in [0.15, 0.2) is 17.5 Å². The Morgan fingerprint density at radius 3 is 2.80 bits per heavy atom. The van der Waals surface area contributed by atoms with E-state index in [4.69, 9.17) is 4.74 Å². The normalized spacial score (nSPS) is 22.8. The maximum atomic E-state index is 12.4. The molecule has 7 heteroatoms. The number of thiophene rings is 1. The molecule has 1 aromatic heterocycles. The number of carbonyl (C=O) groups is 3. The number of hydrogen-bond donors (Lipinski definition) is 1. The Bertz CT molecular complexity index is 615. The quantitative estimate of drug-likeness (QED) is 0.813. The summed E-state index contributed by atoms with van der Waals surface area (Å²) >= 11 is 1.31. The average molecular weight is 364 g/mol. The van der Waals surface area contributed by atoms with Gasteiger partial charge in [0, 0.05) is 12.6 Å². The molecule has 136 valence electrons. The summed E-state index contributed by atoms with van der Waals surface area (Å²) < 4.78 is 5.06. The number of rotatable bonds is 5. The van der Waals surface area contributed by atoms with E-state index in [2.05, 4.69) is 5.32 Å². The Labute approximate surface area is 151 Å². The number of nitrogens with zero attached hydrogens (tertiary/aromatic N) is 1. The monoisotopic (exact) mass is 364 g/mol. The van der Waals surface area contributed by atoms with E-state index in [-0.39, 0.29) is 25.0 Å². The number of fused-ring (bicyclic) bond motifs is 1. The van der Waals surface area contributed by atoms with Gasteiger partial charge in [-0.2, -0.15) is 0 Å². The molecule has 2 fully saturated rings. The van der Waals surface area contributed by atoms with Gasteiger partial charge in [0.2, 0.25) is 0 Å². The maximum Gasteiger partial charge on any atom is 0.325 e. The van der Waals surface area contributed by atoms with Crippen molar-refractivity contribution in [3.63, 3.8) is 0 Å². The zero-order valence-electron chi connectivity index (χ0n) is 14.2. The van der Waals surface area contributed by atoms with E-state index in [1.54, 1.807) is 17.5 Å². The number of carbonyl (C=O) groups excluding carboxylic acids is 3. The third kappa shape index (κ3) is 4.60. The highest BCUT2D eigenvalue weighted by molar-refractivity contribution is 7.12. The molecule has 0 bridgehead atoms. The molecule has 1 aliphatic heterocycles. The van der Waals surface area contributed by atoms with Gasteiger partial charge in [0.05, 0.1) is 4.88 Å². The molecule has 1 aromatic rings. The summed E-state index contributed by atoms with van der Waals surface area (Å²) in [7, 11) is 0. The van der Waals surface area contributed by atoms with Gasteiger partial charge in [-0.25, -0.2) is 0 Å². The van der Waals surface area contributed by atoms with E-state index < -0.39 is 5.97 Å². The van der Waals surface area contributed by atoms with Crippen molar-refractivity contribution < 1.29 is 19.1 Å². The standard InChI is InChI=1S/C18H24N2O4S/c21-16(20-9-3-6-13-5-1-2-7-14(13)20)12-24-17(22)11-19-18(23)15-8-4-10-25-15/h4,8,10,13-14H,1-3,5-7,9,11-12H2,(H,19,23)/t13-,14-/m1/s1. The van der Waals surface area contributed by atoms with Gasteiger partial charge in [-0.3, -0.25) is 14.4 Å². The van der Waals surface area contributed by atoms with E-state index in [1.165, 1.54) is 37.0 Å². The van der Waals surface area contributed by atoms with E-state index >= 15 is 0 Å². The minimum absolute atomic E-state index is 0.116. The van der Waals surface area contributed by atoms with Crippen molar-refractivity contribution in [2.24, 2.45) is 5.92 Å². The fraction of sp³-hybridized carbons (Fsp3) is 0.611. The van der Waals surface area contributed by atoms with E-state index in [0.29, 0.717) is 16.8 Å². The molecule has 2 heterocycles. The first-order valence-electron chi connectivity index (χ1n) is 8.92. The number of piperidine rings is 1. The highest BCUT2D eigenvalue weighted by Gasteiger charge is 2.35. The van der Waals surface area contributed by atoms with Gasteiger partial charge < -0.3 is 15.0 Å². The first-order chi connectivity index (χ1) is 12.1. The van der Waals surface area contributed by atoms with Gasteiger partial charge >= 0.3 is 5.97 Å². The number of hydrogen-bond acceptors (Lipinski definition) is 5. The van der Waals surface area contributed by atoms with Crippen molar-refractivity contribution in [2.45, 2.75) is 44.6 Å². The predicted octanol–water partition coefficient (Wildman–Crippen LogP) is 2.20. The van der Waals surface area contributed by atoms with Gasteiger partial charge in [0.25, 0.3) is 11.8 Å². The molecule has 0 spiro atoms. The smallest absolute Gasteiger partial charge is 0.325 e. The van der Waals surface area contributed by atoms with Crippen LogP contribution >= 0.6 is 11.3 Å². The summed E-state index contributed by atoms with van der Waals surface area (Å²) in [5.41, 5.74) is 0. The van der Waals surface area contributed by atoms with Crippen LogP contribution in [0.3, 0.4) is 0 Å². The molecule has 2 aliphatic rings. The van der Waals surface area contributed by atoms with Crippen molar-refractivity contribution in [2.75, 3.05) is 19.7 Å². The molecule has 1 saturated carbocycles. The Morgan fingerprint density at radius 1 is 1.20 bits per heavy atom. The third-order valence-electron chi connectivity index (χ3n) is 5.06. The van der Waals surface area contributed by atoms with Crippen LogP contribution in [0.4, 0.5) is 0 Å². The predicted molar refractivity (Wildman–Crippen MR) is 94.3 cm³/mol. The van der Waals surface area contributed by atoms with Crippen LogP contribution in [-0.4, -0.2) is 48.4 Å². The van der Waals surface area contributed by atoms with Crippen molar-refractivity contribution in [1.82, 2.24) is 10.2 Å². The summed E-state index contributed by atoms with van der Waals surface area (Å²) in [5, 5.41) is 4.30. The lowest BCUT2D eigenvalue weighted by Crippen LogP contribution is -2.51. The van der Waals surface area contributed by atoms with Crippen molar-refractivity contribution in [3.8, 4) is 0 Å². The van der Waals surface area contributed by atoms with Crippen LogP contribution in [0.2, 0.25) is 0 Å². The molecule has 2 amide bonds. The molecule has 0 unspecified atom stereocenters. The molecule has 25 heavy (non-hydrogen) atoms. The number of esters is 1. The minimum atomic E-state index is -0.588. The summed E-state index contributed by atoms with van der Waals surface area (Å²) in [4.78, 5) is 38.4. The lowest BCUT2D eigenvalue weighted by molar-refractivity contribution is -0.154. The van der Waals surface area contributed by atoms with Crippen LogP contribution in [0.5, 0.6) is 0 Å². The molecule has 6 nitrogen and oxygen atoms in total. The van der Waals surface area contributed by atoms with E-state index in [0.717, 1.165) is 19.4 Å². The van der Waals surface area contributed by atoms with E-state index in [9.17, 15) is 14.4 Å². The first kappa shape index (κ1) is 17.9.